The van der Waals surface area contributed by atoms with E-state index in [-0.39, 0.29) is 18.0 Å². The highest BCUT2D eigenvalue weighted by Gasteiger charge is 2.25. The normalized spacial score (nSPS) is 15.8. The number of imidazole rings is 1. The summed E-state index contributed by atoms with van der Waals surface area (Å²) in [4.78, 5) is 42.2. The molecule has 2 N–H and O–H groups in total. The summed E-state index contributed by atoms with van der Waals surface area (Å²) < 4.78 is 8.54. The third-order valence-corrected chi connectivity index (χ3v) is 9.05. The minimum absolute atomic E-state index is 0.00702. The standard InChI is InChI=1S/C32H35N7O3S2/c1-20-15-39(18-34-20)25-11-21(16-38-9-5-6-23(17-38)37-31(41)42-32(2,3)4)10-24(13-25)36-29(40)30-33-14-28(44-30)22-7-8-27-26(12-22)35-19-43-27/h7-8,10-15,18-19,23H,5-6,9,16-17H2,1-4H3,(H,36,40)(H,37,41)/t23-/m0/s1. The van der Waals surface area contributed by atoms with E-state index in [1.165, 1.54) is 11.3 Å². The van der Waals surface area contributed by atoms with Crippen molar-refractivity contribution in [2.75, 3.05) is 18.4 Å². The first kappa shape index (κ1) is 29.9. The molecule has 0 spiro atoms. The molecule has 0 radical (unpaired) electrons. The molecule has 3 aromatic heterocycles. The van der Waals surface area contributed by atoms with Gasteiger partial charge >= 0.3 is 6.09 Å². The number of hydrogen-bond donors (Lipinski definition) is 2. The average Bonchev–Trinajstić information content (AvgIpc) is 3.72. The monoisotopic (exact) mass is 629 g/mol. The second-order valence-corrected chi connectivity index (χ2v) is 14.0. The molecule has 228 valence electrons. The van der Waals surface area contributed by atoms with E-state index in [4.69, 9.17) is 4.74 Å². The molecule has 1 aliphatic rings. The minimum Gasteiger partial charge on any atom is -0.444 e. The zero-order chi connectivity index (χ0) is 30.8. The van der Waals surface area contributed by atoms with E-state index in [1.54, 1.807) is 23.9 Å². The number of benzene rings is 2. The van der Waals surface area contributed by atoms with Crippen LogP contribution < -0.4 is 10.6 Å². The summed E-state index contributed by atoms with van der Waals surface area (Å²) in [6.07, 6.45) is 6.94. The van der Waals surface area contributed by atoms with Gasteiger partial charge in [-0.05, 0) is 88.5 Å². The lowest BCUT2D eigenvalue weighted by Crippen LogP contribution is -2.48. The third kappa shape index (κ3) is 7.32. The highest BCUT2D eigenvalue weighted by molar-refractivity contribution is 7.17. The van der Waals surface area contributed by atoms with Gasteiger partial charge in [0, 0.05) is 42.9 Å². The van der Waals surface area contributed by atoms with Crippen LogP contribution >= 0.6 is 22.7 Å². The van der Waals surface area contributed by atoms with Gasteiger partial charge < -0.3 is 19.9 Å². The van der Waals surface area contributed by atoms with Crippen molar-refractivity contribution in [1.82, 2.24) is 29.7 Å². The van der Waals surface area contributed by atoms with Crippen LogP contribution in [-0.4, -0.2) is 61.2 Å². The second-order valence-electron chi connectivity index (χ2n) is 12.0. The molecule has 1 saturated heterocycles. The van der Waals surface area contributed by atoms with Crippen molar-refractivity contribution in [3.05, 3.63) is 76.9 Å². The van der Waals surface area contributed by atoms with Crippen LogP contribution in [0, 0.1) is 6.92 Å². The summed E-state index contributed by atoms with van der Waals surface area (Å²) in [5, 5.41) is 6.48. The molecule has 2 amide bonds. The Labute approximate surface area is 264 Å². The smallest absolute Gasteiger partial charge is 0.407 e. The molecule has 1 fully saturated rings. The predicted molar refractivity (Wildman–Crippen MR) is 175 cm³/mol. The number of aryl methyl sites for hydroxylation is 1. The Hall–Kier alpha value is -4.13. The molecule has 0 saturated carbocycles. The molecule has 12 heteroatoms. The van der Waals surface area contributed by atoms with Gasteiger partial charge in [-0.3, -0.25) is 9.69 Å². The number of likely N-dealkylation sites (tertiary alicyclic amines) is 1. The number of carbonyl (C=O) groups excluding carboxylic acids is 2. The molecule has 0 unspecified atom stereocenters. The van der Waals surface area contributed by atoms with Crippen molar-refractivity contribution in [3.8, 4) is 16.1 Å². The summed E-state index contributed by atoms with van der Waals surface area (Å²) in [6, 6.07) is 12.2. The molecule has 0 bridgehead atoms. The molecule has 10 nitrogen and oxygen atoms in total. The largest absolute Gasteiger partial charge is 0.444 e. The van der Waals surface area contributed by atoms with E-state index in [1.807, 2.05) is 74.3 Å². The minimum atomic E-state index is -0.540. The maximum absolute atomic E-state index is 13.4. The van der Waals surface area contributed by atoms with Gasteiger partial charge in [-0.15, -0.1) is 22.7 Å². The molecule has 6 rings (SSSR count). The van der Waals surface area contributed by atoms with E-state index in [0.717, 1.165) is 57.0 Å². The molecular formula is C32H35N7O3S2. The highest BCUT2D eigenvalue weighted by Crippen LogP contribution is 2.30. The number of alkyl carbamates (subject to hydrolysis) is 1. The van der Waals surface area contributed by atoms with Gasteiger partial charge in [0.25, 0.3) is 5.91 Å². The predicted octanol–water partition coefficient (Wildman–Crippen LogP) is 6.66. The quantitative estimate of drug-likeness (QED) is 0.207. The number of carbonyl (C=O) groups is 2. The molecular weight excluding hydrogens is 595 g/mol. The fourth-order valence-corrected chi connectivity index (χ4v) is 6.77. The first-order chi connectivity index (χ1) is 21.1. The molecule has 1 atom stereocenters. The highest BCUT2D eigenvalue weighted by atomic mass is 32.1. The van der Waals surface area contributed by atoms with Crippen molar-refractivity contribution in [1.29, 1.82) is 0 Å². The topological polar surface area (TPSA) is 114 Å². The Kier molecular flexibility index (Phi) is 8.48. The summed E-state index contributed by atoms with van der Waals surface area (Å²) in [5.74, 6) is -0.263. The van der Waals surface area contributed by atoms with Gasteiger partial charge in [0.1, 0.15) is 5.60 Å². The molecule has 1 aliphatic heterocycles. The number of aromatic nitrogens is 4. The zero-order valence-electron chi connectivity index (χ0n) is 25.2. The molecule has 5 aromatic rings. The number of rotatable bonds is 7. The number of hydrogen-bond acceptors (Lipinski definition) is 9. The summed E-state index contributed by atoms with van der Waals surface area (Å²) >= 11 is 2.95. The van der Waals surface area contributed by atoms with Crippen LogP contribution in [0.25, 0.3) is 26.3 Å². The van der Waals surface area contributed by atoms with E-state index in [9.17, 15) is 9.59 Å². The molecule has 4 heterocycles. The van der Waals surface area contributed by atoms with E-state index < -0.39 is 5.60 Å². The Morgan fingerprint density at radius 1 is 1.11 bits per heavy atom. The number of piperidine rings is 1. The van der Waals surface area contributed by atoms with Crippen LogP contribution in [0.4, 0.5) is 10.5 Å². The summed E-state index contributed by atoms with van der Waals surface area (Å²) in [6.45, 7) is 9.82. The number of nitrogens with zero attached hydrogens (tertiary/aromatic N) is 5. The zero-order valence-corrected chi connectivity index (χ0v) is 26.8. The van der Waals surface area contributed by atoms with E-state index >= 15 is 0 Å². The van der Waals surface area contributed by atoms with Crippen LogP contribution in [0.2, 0.25) is 0 Å². The fraction of sp³-hybridized carbons (Fsp3) is 0.344. The Balaban J connectivity index is 1.19. The number of nitrogens with one attached hydrogen (secondary N) is 2. The first-order valence-corrected chi connectivity index (χ1v) is 16.3. The lowest BCUT2D eigenvalue weighted by molar-refractivity contribution is 0.0470. The number of anilines is 1. The van der Waals surface area contributed by atoms with Crippen LogP contribution in [0.15, 0.2) is 60.6 Å². The third-order valence-electron chi connectivity index (χ3n) is 7.19. The van der Waals surface area contributed by atoms with Crippen molar-refractivity contribution >= 4 is 50.6 Å². The number of ether oxygens (including phenoxy) is 1. The van der Waals surface area contributed by atoms with Gasteiger partial charge in [0.15, 0.2) is 5.01 Å². The van der Waals surface area contributed by atoms with Gasteiger partial charge in [-0.2, -0.15) is 0 Å². The number of thiazole rings is 2. The molecule has 44 heavy (non-hydrogen) atoms. The van der Waals surface area contributed by atoms with Crippen molar-refractivity contribution in [2.24, 2.45) is 0 Å². The second kappa shape index (κ2) is 12.5. The molecule has 2 aromatic carbocycles. The van der Waals surface area contributed by atoms with Gasteiger partial charge in [0.2, 0.25) is 0 Å². The summed E-state index contributed by atoms with van der Waals surface area (Å²) in [7, 11) is 0. The van der Waals surface area contributed by atoms with E-state index in [0.29, 0.717) is 23.8 Å². The maximum atomic E-state index is 13.4. The lowest BCUT2D eigenvalue weighted by Gasteiger charge is -2.33. The van der Waals surface area contributed by atoms with Crippen LogP contribution in [0.3, 0.4) is 0 Å². The van der Waals surface area contributed by atoms with Crippen molar-refractivity contribution < 1.29 is 14.3 Å². The SMILES string of the molecule is Cc1cn(-c2cc(CN3CCC[C@H](NC(=O)OC(C)(C)C)C3)cc(NC(=O)c3ncc(-c4ccc5scnc5c4)s3)c2)cn1. The first-order valence-electron chi connectivity index (χ1n) is 14.6. The van der Waals surface area contributed by atoms with E-state index in [2.05, 4.69) is 36.6 Å². The average molecular weight is 630 g/mol. The molecule has 0 aliphatic carbocycles. The van der Waals surface area contributed by atoms with Gasteiger partial charge in [-0.25, -0.2) is 19.7 Å². The van der Waals surface area contributed by atoms with Crippen LogP contribution in [0.5, 0.6) is 0 Å². The summed E-state index contributed by atoms with van der Waals surface area (Å²) in [5.41, 5.74) is 6.73. The van der Waals surface area contributed by atoms with Crippen molar-refractivity contribution in [3.63, 3.8) is 0 Å². The lowest BCUT2D eigenvalue weighted by atomic mass is 10.0. The Morgan fingerprint density at radius 3 is 2.77 bits per heavy atom. The van der Waals surface area contributed by atoms with Crippen LogP contribution in [0.1, 0.15) is 54.7 Å². The van der Waals surface area contributed by atoms with Crippen LogP contribution in [-0.2, 0) is 11.3 Å². The van der Waals surface area contributed by atoms with Gasteiger partial charge in [0.05, 0.1) is 32.6 Å². The number of amides is 2. The Morgan fingerprint density at radius 2 is 1.98 bits per heavy atom. The number of fused-ring (bicyclic) bond motifs is 1. The Bertz CT molecular complexity index is 1800. The maximum Gasteiger partial charge on any atom is 0.407 e. The fourth-order valence-electron chi connectivity index (χ4n) is 5.31. The van der Waals surface area contributed by atoms with Crippen molar-refractivity contribution in [2.45, 2.75) is 58.7 Å². The van der Waals surface area contributed by atoms with Gasteiger partial charge in [-0.1, -0.05) is 6.07 Å².